The van der Waals surface area contributed by atoms with Gasteiger partial charge in [-0.3, -0.25) is 0 Å². The second-order valence-electron chi connectivity index (χ2n) is 14.5. The van der Waals surface area contributed by atoms with Crippen LogP contribution in [0.3, 0.4) is 0 Å². The Morgan fingerprint density at radius 1 is 0.186 bits per heavy atom. The van der Waals surface area contributed by atoms with Gasteiger partial charge in [-0.15, -0.1) is 0 Å². The topological polar surface area (TPSA) is 12.0 Å². The Kier molecular flexibility index (Phi) is 41.9. The number of rotatable bonds is 40. The smallest absolute Gasteiger partial charge is 0.00489 e. The molecule has 0 radical (unpaired) electrons. The Morgan fingerprint density at radius 2 is 0.326 bits per heavy atom. The Balaban J connectivity index is 3.02. The van der Waals surface area contributed by atoms with E-state index in [1.165, 1.54) is 257 Å². The first-order valence-corrected chi connectivity index (χ1v) is 21.1. The van der Waals surface area contributed by atoms with Crippen LogP contribution in [-0.4, -0.2) is 13.1 Å². The summed E-state index contributed by atoms with van der Waals surface area (Å²) in [7, 11) is 0. The van der Waals surface area contributed by atoms with Gasteiger partial charge in [0.05, 0.1) is 0 Å². The summed E-state index contributed by atoms with van der Waals surface area (Å²) in [6.45, 7) is 7.11. The first kappa shape index (κ1) is 43.0. The molecule has 0 amide bonds. The van der Waals surface area contributed by atoms with Crippen LogP contribution in [0.5, 0.6) is 0 Å². The van der Waals surface area contributed by atoms with Crippen molar-refractivity contribution in [1.29, 1.82) is 0 Å². The van der Waals surface area contributed by atoms with E-state index in [-0.39, 0.29) is 0 Å². The molecule has 0 saturated carbocycles. The SMILES string of the molecule is CCCCCCCCCCCCCCCCCCCCCCCCCCCCCCCNCCCCCCCCCCC. The van der Waals surface area contributed by atoms with Crippen molar-refractivity contribution in [3.8, 4) is 0 Å². The summed E-state index contributed by atoms with van der Waals surface area (Å²) in [5.74, 6) is 0. The van der Waals surface area contributed by atoms with Gasteiger partial charge in [0.25, 0.3) is 0 Å². The van der Waals surface area contributed by atoms with Crippen molar-refractivity contribution in [3.63, 3.8) is 0 Å². The Hall–Kier alpha value is -0.0400. The summed E-state index contributed by atoms with van der Waals surface area (Å²) >= 11 is 0. The Labute approximate surface area is 275 Å². The third-order valence-corrected chi connectivity index (χ3v) is 9.91. The van der Waals surface area contributed by atoms with Crippen molar-refractivity contribution in [2.75, 3.05) is 13.1 Å². The Bertz CT molecular complexity index is 406. The summed E-state index contributed by atoms with van der Waals surface area (Å²) in [5, 5.41) is 3.68. The molecule has 43 heavy (non-hydrogen) atoms. The van der Waals surface area contributed by atoms with E-state index in [0.29, 0.717) is 0 Å². The molecule has 0 bridgehead atoms. The highest BCUT2D eigenvalue weighted by molar-refractivity contribution is 4.54. The largest absolute Gasteiger partial charge is 0.317 e. The molecule has 0 unspecified atom stereocenters. The molecule has 0 aromatic heterocycles. The van der Waals surface area contributed by atoms with Gasteiger partial charge >= 0.3 is 0 Å². The van der Waals surface area contributed by atoms with Crippen LogP contribution < -0.4 is 5.32 Å². The van der Waals surface area contributed by atoms with Gasteiger partial charge in [0.1, 0.15) is 0 Å². The third kappa shape index (κ3) is 42.0. The molecule has 0 atom stereocenters. The fourth-order valence-electron chi connectivity index (χ4n) is 6.78. The van der Waals surface area contributed by atoms with E-state index >= 15 is 0 Å². The van der Waals surface area contributed by atoms with E-state index in [0.717, 1.165) is 0 Å². The summed E-state index contributed by atoms with van der Waals surface area (Å²) in [4.78, 5) is 0. The van der Waals surface area contributed by atoms with Crippen LogP contribution in [0.25, 0.3) is 0 Å². The van der Waals surface area contributed by atoms with E-state index in [1.807, 2.05) is 0 Å². The molecule has 0 aliphatic rings. The summed E-state index contributed by atoms with van der Waals surface area (Å²) in [6.07, 6.45) is 55.7. The van der Waals surface area contributed by atoms with Crippen molar-refractivity contribution in [2.24, 2.45) is 0 Å². The molecule has 260 valence electrons. The number of hydrogen-bond acceptors (Lipinski definition) is 1. The van der Waals surface area contributed by atoms with Crippen molar-refractivity contribution in [2.45, 2.75) is 258 Å². The van der Waals surface area contributed by atoms with Crippen molar-refractivity contribution in [1.82, 2.24) is 5.32 Å². The van der Waals surface area contributed by atoms with Gasteiger partial charge in [0.15, 0.2) is 0 Å². The van der Waals surface area contributed by atoms with Gasteiger partial charge in [-0.1, -0.05) is 245 Å². The molecule has 1 nitrogen and oxygen atoms in total. The van der Waals surface area contributed by atoms with Gasteiger partial charge in [0.2, 0.25) is 0 Å². The van der Waals surface area contributed by atoms with Crippen molar-refractivity contribution < 1.29 is 0 Å². The summed E-state index contributed by atoms with van der Waals surface area (Å²) < 4.78 is 0. The predicted octanol–water partition coefficient (Wildman–Crippen LogP) is 15.4. The lowest BCUT2D eigenvalue weighted by Gasteiger charge is -2.06. The molecule has 0 fully saturated rings. The lowest BCUT2D eigenvalue weighted by atomic mass is 10.0. The summed E-state index contributed by atoms with van der Waals surface area (Å²) in [6, 6.07) is 0. The molecule has 0 heterocycles. The van der Waals surface area contributed by atoms with E-state index in [4.69, 9.17) is 0 Å². The molecule has 0 saturated heterocycles. The van der Waals surface area contributed by atoms with E-state index in [9.17, 15) is 0 Å². The molecule has 1 heteroatoms. The van der Waals surface area contributed by atoms with E-state index < -0.39 is 0 Å². The van der Waals surface area contributed by atoms with E-state index in [1.54, 1.807) is 0 Å². The predicted molar refractivity (Wildman–Crippen MR) is 200 cm³/mol. The van der Waals surface area contributed by atoms with Gasteiger partial charge in [-0.05, 0) is 25.9 Å². The Morgan fingerprint density at radius 3 is 0.488 bits per heavy atom. The van der Waals surface area contributed by atoms with Crippen LogP contribution >= 0.6 is 0 Å². The molecule has 0 aromatic rings. The molecular weight excluding hydrogens is 518 g/mol. The minimum Gasteiger partial charge on any atom is -0.317 e. The highest BCUT2D eigenvalue weighted by Crippen LogP contribution is 2.16. The van der Waals surface area contributed by atoms with Gasteiger partial charge in [-0.2, -0.15) is 0 Å². The normalized spacial score (nSPS) is 11.6. The summed E-state index contributed by atoms with van der Waals surface area (Å²) in [5.41, 5.74) is 0. The molecule has 0 aromatic carbocycles. The second-order valence-corrected chi connectivity index (χ2v) is 14.5. The molecule has 0 aliphatic carbocycles. The molecular formula is C42H87N. The highest BCUT2D eigenvalue weighted by Gasteiger charge is 1.97. The van der Waals surface area contributed by atoms with Crippen LogP contribution in [-0.2, 0) is 0 Å². The maximum Gasteiger partial charge on any atom is -0.00489 e. The van der Waals surface area contributed by atoms with Crippen LogP contribution in [0.15, 0.2) is 0 Å². The monoisotopic (exact) mass is 606 g/mol. The number of hydrogen-bond donors (Lipinski definition) is 1. The average molecular weight is 606 g/mol. The van der Waals surface area contributed by atoms with Crippen LogP contribution in [0.4, 0.5) is 0 Å². The van der Waals surface area contributed by atoms with Crippen LogP contribution in [0.1, 0.15) is 258 Å². The first-order chi connectivity index (χ1) is 21.4. The zero-order chi connectivity index (χ0) is 31.0. The quantitative estimate of drug-likeness (QED) is 0.0685. The number of unbranched alkanes of at least 4 members (excludes halogenated alkanes) is 36. The first-order valence-electron chi connectivity index (χ1n) is 21.1. The van der Waals surface area contributed by atoms with Gasteiger partial charge in [0, 0.05) is 0 Å². The molecule has 0 aliphatic heterocycles. The highest BCUT2D eigenvalue weighted by atomic mass is 14.8. The van der Waals surface area contributed by atoms with Crippen molar-refractivity contribution in [3.05, 3.63) is 0 Å². The molecule has 0 spiro atoms. The van der Waals surface area contributed by atoms with E-state index in [2.05, 4.69) is 19.2 Å². The minimum absolute atomic E-state index is 1.25. The lowest BCUT2D eigenvalue weighted by Crippen LogP contribution is -2.16. The third-order valence-electron chi connectivity index (χ3n) is 9.91. The van der Waals surface area contributed by atoms with Crippen LogP contribution in [0.2, 0.25) is 0 Å². The lowest BCUT2D eigenvalue weighted by molar-refractivity contribution is 0.511. The second kappa shape index (κ2) is 42.0. The minimum atomic E-state index is 1.25. The zero-order valence-electron chi connectivity index (χ0n) is 30.8. The fraction of sp³-hybridized carbons (Fsp3) is 1.00. The zero-order valence-corrected chi connectivity index (χ0v) is 30.8. The standard InChI is InChI=1S/C42H87N/c1-3-5-7-9-11-13-14-15-16-17-18-19-20-21-22-23-24-25-26-27-28-29-30-31-32-34-36-38-40-42-43-41-39-37-35-33-12-10-8-6-4-2/h43H,3-42H2,1-2H3. The average Bonchev–Trinajstić information content (AvgIpc) is 3.02. The fourth-order valence-corrected chi connectivity index (χ4v) is 6.78. The molecule has 1 N–H and O–H groups in total. The van der Waals surface area contributed by atoms with Crippen molar-refractivity contribution >= 4 is 0 Å². The molecule has 0 rings (SSSR count). The van der Waals surface area contributed by atoms with Gasteiger partial charge in [-0.25, -0.2) is 0 Å². The maximum atomic E-state index is 3.68. The van der Waals surface area contributed by atoms with Gasteiger partial charge < -0.3 is 5.32 Å². The maximum absolute atomic E-state index is 3.68. The number of nitrogens with one attached hydrogen (secondary N) is 1. The van der Waals surface area contributed by atoms with Crippen LogP contribution in [0, 0.1) is 0 Å².